The molecule has 1 aromatic rings. The average Bonchev–Trinajstić information content (AvgIpc) is 2.39. The Morgan fingerprint density at radius 2 is 2.11 bits per heavy atom. The number of sulfonamides is 1. The van der Waals surface area contributed by atoms with Crippen LogP contribution in [0.15, 0.2) is 23.1 Å². The highest BCUT2D eigenvalue weighted by Gasteiger charge is 2.29. The van der Waals surface area contributed by atoms with Crippen LogP contribution in [0.2, 0.25) is 0 Å². The van der Waals surface area contributed by atoms with Crippen LogP contribution in [0.1, 0.15) is 23.2 Å². The first kappa shape index (κ1) is 13.8. The third kappa shape index (κ3) is 2.70. The molecule has 0 spiro atoms. The lowest BCUT2D eigenvalue weighted by Gasteiger charge is -2.25. The fourth-order valence-electron chi connectivity index (χ4n) is 1.79. The maximum atomic E-state index is 12.3. The Morgan fingerprint density at radius 1 is 1.37 bits per heavy atom. The summed E-state index contributed by atoms with van der Waals surface area (Å²) in [6.07, 6.45) is 1.52. The zero-order chi connectivity index (χ0) is 14.0. The van der Waals surface area contributed by atoms with E-state index in [9.17, 15) is 13.2 Å². The van der Waals surface area contributed by atoms with Crippen molar-refractivity contribution in [3.63, 3.8) is 0 Å². The summed E-state index contributed by atoms with van der Waals surface area (Å²) in [6.45, 7) is 0.606. The van der Waals surface area contributed by atoms with Crippen LogP contribution in [0.5, 0.6) is 0 Å². The molecule has 19 heavy (non-hydrogen) atoms. The number of carboxylic acids is 1. The predicted octanol–water partition coefficient (Wildman–Crippen LogP) is 0.683. The number of hydroxylamine groups is 1. The Kier molecular flexibility index (Phi) is 3.74. The van der Waals surface area contributed by atoms with Gasteiger partial charge in [-0.1, -0.05) is 4.47 Å². The summed E-state index contributed by atoms with van der Waals surface area (Å²) in [5.41, 5.74) is 5.47. The SMILES string of the molecule is Nc1cc(C(=O)O)ccc1S(=O)(=O)N1CCCCO1. The number of nitrogens with zero attached hydrogens (tertiary/aromatic N) is 1. The number of nitrogen functional groups attached to an aromatic ring is 1. The standard InChI is InChI=1S/C11H14N2O5S/c12-9-7-8(11(14)15)3-4-10(9)19(16,17)13-5-1-2-6-18-13/h3-4,7H,1-2,5-6,12H2,(H,14,15). The van der Waals surface area contributed by atoms with Gasteiger partial charge in [-0.3, -0.25) is 4.84 Å². The summed E-state index contributed by atoms with van der Waals surface area (Å²) < 4.78 is 25.4. The van der Waals surface area contributed by atoms with Crippen molar-refractivity contribution in [3.8, 4) is 0 Å². The molecule has 1 saturated heterocycles. The molecule has 0 unspecified atom stereocenters. The molecule has 1 aliphatic heterocycles. The smallest absolute Gasteiger partial charge is 0.335 e. The highest BCUT2D eigenvalue weighted by molar-refractivity contribution is 7.89. The van der Waals surface area contributed by atoms with Gasteiger partial charge in [-0.2, -0.15) is 0 Å². The number of hydrogen-bond donors (Lipinski definition) is 2. The normalized spacial score (nSPS) is 17.3. The van der Waals surface area contributed by atoms with E-state index in [-0.39, 0.29) is 22.7 Å². The molecule has 7 nitrogen and oxygen atoms in total. The molecule has 0 aromatic heterocycles. The molecule has 3 N–H and O–H groups in total. The molecule has 1 fully saturated rings. The summed E-state index contributed by atoms with van der Waals surface area (Å²) in [7, 11) is -3.84. The van der Waals surface area contributed by atoms with Crippen molar-refractivity contribution >= 4 is 21.7 Å². The van der Waals surface area contributed by atoms with Crippen LogP contribution in [0.25, 0.3) is 0 Å². The van der Waals surface area contributed by atoms with Crippen molar-refractivity contribution in [2.45, 2.75) is 17.7 Å². The molecule has 8 heteroatoms. The van der Waals surface area contributed by atoms with Gasteiger partial charge in [0.05, 0.1) is 17.9 Å². The summed E-state index contributed by atoms with van der Waals surface area (Å²) in [5.74, 6) is -1.16. The summed E-state index contributed by atoms with van der Waals surface area (Å²) in [6, 6.07) is 3.51. The molecule has 0 atom stereocenters. The van der Waals surface area contributed by atoms with E-state index < -0.39 is 16.0 Å². The molecule has 0 aliphatic carbocycles. The zero-order valence-corrected chi connectivity index (χ0v) is 10.9. The summed E-state index contributed by atoms with van der Waals surface area (Å²) in [4.78, 5) is 15.7. The highest BCUT2D eigenvalue weighted by atomic mass is 32.2. The lowest BCUT2D eigenvalue weighted by atomic mass is 10.2. The minimum atomic E-state index is -3.84. The molecule has 0 radical (unpaired) electrons. The first-order valence-electron chi connectivity index (χ1n) is 5.71. The number of anilines is 1. The fourth-order valence-corrected chi connectivity index (χ4v) is 3.19. The van der Waals surface area contributed by atoms with Crippen LogP contribution in [0, 0.1) is 0 Å². The lowest BCUT2D eigenvalue weighted by Crippen LogP contribution is -2.36. The largest absolute Gasteiger partial charge is 0.478 e. The number of rotatable bonds is 3. The summed E-state index contributed by atoms with van der Waals surface area (Å²) >= 11 is 0. The molecule has 104 valence electrons. The Morgan fingerprint density at radius 3 is 2.63 bits per heavy atom. The first-order chi connectivity index (χ1) is 8.93. The minimum absolute atomic E-state index is 0.0592. The third-order valence-electron chi connectivity index (χ3n) is 2.77. The zero-order valence-electron chi connectivity index (χ0n) is 10.1. The second-order valence-electron chi connectivity index (χ2n) is 4.13. The number of carbonyl (C=O) groups is 1. The summed E-state index contributed by atoms with van der Waals surface area (Å²) in [5, 5.41) is 8.81. The molecule has 1 heterocycles. The Balaban J connectivity index is 2.37. The molecule has 2 rings (SSSR count). The van der Waals surface area contributed by atoms with E-state index in [1.165, 1.54) is 12.1 Å². The monoisotopic (exact) mass is 286 g/mol. The van der Waals surface area contributed by atoms with E-state index >= 15 is 0 Å². The molecule has 0 amide bonds. The van der Waals surface area contributed by atoms with Crippen LogP contribution in [0.4, 0.5) is 5.69 Å². The Hall–Kier alpha value is -1.64. The van der Waals surface area contributed by atoms with Gasteiger partial charge in [0.1, 0.15) is 4.90 Å². The molecule has 1 aliphatic rings. The van der Waals surface area contributed by atoms with Gasteiger partial charge >= 0.3 is 5.97 Å². The number of nitrogens with two attached hydrogens (primary N) is 1. The van der Waals surface area contributed by atoms with Crippen LogP contribution in [-0.2, 0) is 14.9 Å². The van der Waals surface area contributed by atoms with E-state index in [0.29, 0.717) is 13.0 Å². The van der Waals surface area contributed by atoms with E-state index in [1.54, 1.807) is 0 Å². The predicted molar refractivity (Wildman–Crippen MR) is 66.9 cm³/mol. The third-order valence-corrected chi connectivity index (χ3v) is 4.52. The van der Waals surface area contributed by atoms with Crippen LogP contribution >= 0.6 is 0 Å². The van der Waals surface area contributed by atoms with Crippen LogP contribution in [0.3, 0.4) is 0 Å². The van der Waals surface area contributed by atoms with Crippen molar-refractivity contribution in [1.29, 1.82) is 0 Å². The van der Waals surface area contributed by atoms with Gasteiger partial charge in [-0.15, -0.1) is 0 Å². The number of hydrogen-bond acceptors (Lipinski definition) is 5. The van der Waals surface area contributed by atoms with Gasteiger partial charge in [-0.05, 0) is 31.0 Å². The maximum absolute atomic E-state index is 12.3. The van der Waals surface area contributed by atoms with Gasteiger partial charge < -0.3 is 10.8 Å². The second-order valence-corrected chi connectivity index (χ2v) is 5.93. The van der Waals surface area contributed by atoms with Crippen LogP contribution < -0.4 is 5.73 Å². The van der Waals surface area contributed by atoms with E-state index in [2.05, 4.69) is 0 Å². The number of benzene rings is 1. The first-order valence-corrected chi connectivity index (χ1v) is 7.15. The maximum Gasteiger partial charge on any atom is 0.335 e. The van der Waals surface area contributed by atoms with Crippen molar-refractivity contribution in [2.24, 2.45) is 0 Å². The molecular formula is C11H14N2O5S. The average molecular weight is 286 g/mol. The quantitative estimate of drug-likeness (QED) is 0.791. The Labute approximate surface area is 110 Å². The van der Waals surface area contributed by atoms with Gasteiger partial charge in [0, 0.05) is 6.54 Å². The highest BCUT2D eigenvalue weighted by Crippen LogP contribution is 2.25. The molecular weight excluding hydrogens is 272 g/mol. The van der Waals surface area contributed by atoms with Crippen LogP contribution in [-0.4, -0.2) is 37.1 Å². The van der Waals surface area contributed by atoms with Crippen molar-refractivity contribution in [3.05, 3.63) is 23.8 Å². The van der Waals surface area contributed by atoms with Crippen molar-refractivity contribution in [1.82, 2.24) is 4.47 Å². The molecule has 0 saturated carbocycles. The van der Waals surface area contributed by atoms with Gasteiger partial charge in [0.15, 0.2) is 0 Å². The fraction of sp³-hybridized carbons (Fsp3) is 0.364. The lowest BCUT2D eigenvalue weighted by molar-refractivity contribution is -0.108. The van der Waals surface area contributed by atoms with Crippen molar-refractivity contribution in [2.75, 3.05) is 18.9 Å². The minimum Gasteiger partial charge on any atom is -0.478 e. The second kappa shape index (κ2) is 5.16. The van der Waals surface area contributed by atoms with E-state index in [4.69, 9.17) is 15.7 Å². The molecule has 0 bridgehead atoms. The van der Waals surface area contributed by atoms with Gasteiger partial charge in [0.2, 0.25) is 0 Å². The van der Waals surface area contributed by atoms with Gasteiger partial charge in [-0.25, -0.2) is 13.2 Å². The van der Waals surface area contributed by atoms with E-state index in [0.717, 1.165) is 17.0 Å². The number of aromatic carboxylic acids is 1. The van der Waals surface area contributed by atoms with Gasteiger partial charge in [0.25, 0.3) is 10.0 Å². The Bertz CT molecular complexity index is 593. The number of carboxylic acid groups (broad SMARTS) is 1. The van der Waals surface area contributed by atoms with Crippen molar-refractivity contribution < 1.29 is 23.2 Å². The van der Waals surface area contributed by atoms with E-state index in [1.807, 2.05) is 0 Å². The topological polar surface area (TPSA) is 110 Å². The molecule has 1 aromatic carbocycles.